The van der Waals surface area contributed by atoms with Crippen LogP contribution in [0, 0.1) is 5.82 Å². The van der Waals surface area contributed by atoms with Gasteiger partial charge in [-0.25, -0.2) is 9.37 Å². The summed E-state index contributed by atoms with van der Waals surface area (Å²) in [5.41, 5.74) is 1.12. The Morgan fingerprint density at radius 1 is 0.812 bits per heavy atom. The van der Waals surface area contributed by atoms with Crippen LogP contribution >= 0.6 is 0 Å². The molecule has 5 rings (SSSR count). The van der Waals surface area contributed by atoms with E-state index in [4.69, 9.17) is 19.2 Å². The minimum absolute atomic E-state index is 0.105. The Balaban J connectivity index is 1.43. The van der Waals surface area contributed by atoms with Crippen LogP contribution in [0.2, 0.25) is 0 Å². The molecule has 48 heavy (non-hydrogen) atoms. The van der Waals surface area contributed by atoms with Crippen molar-refractivity contribution in [3.05, 3.63) is 66.0 Å². The van der Waals surface area contributed by atoms with E-state index in [9.17, 15) is 17.6 Å². The van der Waals surface area contributed by atoms with Gasteiger partial charge in [-0.3, -0.25) is 4.90 Å². The summed E-state index contributed by atoms with van der Waals surface area (Å²) in [6.45, 7) is 14.4. The summed E-state index contributed by atoms with van der Waals surface area (Å²) in [5, 5.41) is 0. The van der Waals surface area contributed by atoms with Crippen molar-refractivity contribution in [1.29, 1.82) is 0 Å². The van der Waals surface area contributed by atoms with Crippen molar-refractivity contribution >= 4 is 11.0 Å². The monoisotopic (exact) mass is 670 g/mol. The maximum absolute atomic E-state index is 13.8. The summed E-state index contributed by atoms with van der Waals surface area (Å²) in [6, 6.07) is 13.6. The zero-order valence-corrected chi connectivity index (χ0v) is 28.1. The molecule has 1 aliphatic rings. The molecule has 7 nitrogen and oxygen atoms in total. The van der Waals surface area contributed by atoms with Crippen LogP contribution in [0.25, 0.3) is 22.4 Å². The summed E-state index contributed by atoms with van der Waals surface area (Å²) in [4.78, 5) is 9.87. The van der Waals surface area contributed by atoms with Crippen LogP contribution < -0.4 is 14.2 Å². The Labute approximate surface area is 280 Å². The highest BCUT2D eigenvalue weighted by Gasteiger charge is 2.34. The molecular formula is C37H46F4N4O3. The number of hydrogen-bond acceptors (Lipinski definition) is 6. The van der Waals surface area contributed by atoms with Gasteiger partial charge in [-0.2, -0.15) is 13.2 Å². The maximum Gasteiger partial charge on any atom is 0.419 e. The predicted octanol–water partition coefficient (Wildman–Crippen LogP) is 9.04. The second kappa shape index (κ2) is 16.5. The summed E-state index contributed by atoms with van der Waals surface area (Å²) in [5.74, 6) is 1.04. The average Bonchev–Trinajstić information content (AvgIpc) is 3.73. The number of imidazole rings is 1. The summed E-state index contributed by atoms with van der Waals surface area (Å²) in [7, 11) is 0. The molecule has 11 heteroatoms. The second-order valence-corrected chi connectivity index (χ2v) is 12.1. The lowest BCUT2D eigenvalue weighted by Crippen LogP contribution is -2.25. The van der Waals surface area contributed by atoms with Crippen LogP contribution in [0.3, 0.4) is 0 Å². The molecule has 4 aromatic rings. The van der Waals surface area contributed by atoms with Crippen molar-refractivity contribution in [2.75, 3.05) is 52.5 Å². The molecule has 0 radical (unpaired) electrons. The van der Waals surface area contributed by atoms with Crippen LogP contribution in [0.1, 0.15) is 58.4 Å². The Morgan fingerprint density at radius 2 is 1.54 bits per heavy atom. The summed E-state index contributed by atoms with van der Waals surface area (Å²) in [6.07, 6.45) is 0.451. The topological polar surface area (TPSA) is 52.0 Å². The zero-order chi connectivity index (χ0) is 34.1. The number of aryl methyl sites for hydroxylation is 1. The smallest absolute Gasteiger partial charge is 0.419 e. The first-order valence-corrected chi connectivity index (χ1v) is 17.1. The van der Waals surface area contributed by atoms with Crippen LogP contribution in [0.4, 0.5) is 17.6 Å². The molecule has 260 valence electrons. The van der Waals surface area contributed by atoms with Gasteiger partial charge in [0.05, 0.1) is 17.7 Å². The van der Waals surface area contributed by atoms with E-state index in [2.05, 4.69) is 35.1 Å². The van der Waals surface area contributed by atoms with Gasteiger partial charge in [-0.05, 0) is 94.3 Å². The molecule has 1 fully saturated rings. The zero-order valence-electron chi connectivity index (χ0n) is 28.1. The Kier molecular flexibility index (Phi) is 12.2. The van der Waals surface area contributed by atoms with E-state index in [0.29, 0.717) is 30.8 Å². The van der Waals surface area contributed by atoms with Crippen molar-refractivity contribution in [1.82, 2.24) is 19.4 Å². The van der Waals surface area contributed by atoms with Crippen LogP contribution in [0.15, 0.2) is 54.6 Å². The molecular weight excluding hydrogens is 624 g/mol. The van der Waals surface area contributed by atoms with E-state index in [1.165, 1.54) is 18.9 Å². The van der Waals surface area contributed by atoms with Gasteiger partial charge in [0.2, 0.25) is 0 Å². The van der Waals surface area contributed by atoms with E-state index < -0.39 is 17.6 Å². The minimum atomic E-state index is -4.82. The summed E-state index contributed by atoms with van der Waals surface area (Å²) >= 11 is 0. The third-order valence-electron chi connectivity index (χ3n) is 8.76. The number of rotatable bonds is 17. The van der Waals surface area contributed by atoms with Crippen molar-refractivity contribution < 1.29 is 31.8 Å². The molecule has 1 aromatic heterocycles. The molecule has 0 bridgehead atoms. The molecule has 1 saturated heterocycles. The highest BCUT2D eigenvalue weighted by molar-refractivity contribution is 5.87. The van der Waals surface area contributed by atoms with Crippen molar-refractivity contribution in [2.45, 2.75) is 65.6 Å². The van der Waals surface area contributed by atoms with Crippen molar-refractivity contribution in [3.8, 4) is 34.4 Å². The Hall–Kier alpha value is -3.83. The number of unbranched alkanes of at least 4 members (excludes halogenated alkanes) is 1. The van der Waals surface area contributed by atoms with Gasteiger partial charge in [0, 0.05) is 37.3 Å². The normalized spacial score (nSPS) is 13.9. The number of ether oxygens (including phenoxy) is 3. The number of fused-ring (bicyclic) bond motifs is 1. The van der Waals surface area contributed by atoms with E-state index in [1.807, 2.05) is 24.3 Å². The van der Waals surface area contributed by atoms with E-state index in [1.54, 1.807) is 12.1 Å². The highest BCUT2D eigenvalue weighted by Crippen LogP contribution is 2.37. The van der Waals surface area contributed by atoms with Crippen molar-refractivity contribution in [3.63, 3.8) is 0 Å². The van der Waals surface area contributed by atoms with Crippen molar-refractivity contribution in [2.24, 2.45) is 0 Å². The highest BCUT2D eigenvalue weighted by atomic mass is 19.4. The first-order chi connectivity index (χ1) is 23.2. The number of aromatic nitrogens is 2. The minimum Gasteiger partial charge on any atom is -0.493 e. The number of hydrogen-bond donors (Lipinski definition) is 0. The molecule has 2 heterocycles. The number of halogens is 4. The first-order valence-electron chi connectivity index (χ1n) is 17.1. The Bertz CT molecular complexity index is 1610. The van der Waals surface area contributed by atoms with Gasteiger partial charge >= 0.3 is 6.18 Å². The van der Waals surface area contributed by atoms with Crippen LogP contribution in [-0.2, 0) is 12.7 Å². The number of alkyl halides is 3. The van der Waals surface area contributed by atoms with Gasteiger partial charge in [-0.15, -0.1) is 0 Å². The van der Waals surface area contributed by atoms with E-state index in [0.717, 1.165) is 99.3 Å². The Morgan fingerprint density at radius 3 is 2.23 bits per heavy atom. The molecule has 1 aliphatic heterocycles. The summed E-state index contributed by atoms with van der Waals surface area (Å²) < 4.78 is 74.0. The number of benzene rings is 3. The molecule has 0 N–H and O–H groups in total. The van der Waals surface area contributed by atoms with Gasteiger partial charge in [-0.1, -0.05) is 27.2 Å². The lowest BCUT2D eigenvalue weighted by molar-refractivity contribution is -0.140. The van der Waals surface area contributed by atoms with E-state index in [-0.39, 0.29) is 5.75 Å². The largest absolute Gasteiger partial charge is 0.493 e. The fraction of sp³-hybridized carbons (Fsp3) is 0.486. The maximum atomic E-state index is 13.8. The molecule has 3 aromatic carbocycles. The second-order valence-electron chi connectivity index (χ2n) is 12.1. The van der Waals surface area contributed by atoms with Gasteiger partial charge in [0.25, 0.3) is 0 Å². The number of likely N-dealkylation sites (tertiary alicyclic amines) is 1. The predicted molar refractivity (Wildman–Crippen MR) is 181 cm³/mol. The van der Waals surface area contributed by atoms with Gasteiger partial charge in [0.15, 0.2) is 5.75 Å². The molecule has 0 spiro atoms. The lowest BCUT2D eigenvalue weighted by Gasteiger charge is -2.18. The standard InChI is InChI=1S/C37H46F4N4O3/c1-4-7-20-45-33-25-30(46-22-10-19-43(5-2)6-3)26-34(47-23-21-44-17-8-9-18-44)35(33)42-36(45)27-11-13-28(14-12-27)48-29-15-16-32(38)31(24-29)37(39,40)41/h11-16,24-26H,4-10,17-23H2,1-3H3. The van der Waals surface area contributed by atoms with E-state index >= 15 is 0 Å². The molecule has 0 atom stereocenters. The fourth-order valence-corrected chi connectivity index (χ4v) is 6.03. The average molecular weight is 671 g/mol. The molecule has 0 saturated carbocycles. The van der Waals surface area contributed by atoms with Gasteiger partial charge in [0.1, 0.15) is 41.0 Å². The van der Waals surface area contributed by atoms with Crippen LogP contribution in [-0.4, -0.2) is 71.8 Å². The first kappa shape index (κ1) is 35.5. The molecule has 0 amide bonds. The molecule has 0 aliphatic carbocycles. The van der Waals surface area contributed by atoms with Gasteiger partial charge < -0.3 is 23.7 Å². The third kappa shape index (κ3) is 8.99. The third-order valence-corrected chi connectivity index (χ3v) is 8.76. The SMILES string of the molecule is CCCCn1c(-c2ccc(Oc3ccc(F)c(C(F)(F)F)c3)cc2)nc2c(OCCN3CCCC3)cc(OCCCN(CC)CC)cc21. The quantitative estimate of drug-likeness (QED) is 0.0826. The molecule has 0 unspecified atom stereocenters. The number of nitrogens with zero attached hydrogens (tertiary/aromatic N) is 4. The fourth-order valence-electron chi connectivity index (χ4n) is 6.03. The van der Waals surface area contributed by atoms with Crippen LogP contribution in [0.5, 0.6) is 23.0 Å². The lowest BCUT2D eigenvalue weighted by atomic mass is 10.2.